The number of nitrogens with zero attached hydrogens (tertiary/aromatic N) is 2. The summed E-state index contributed by atoms with van der Waals surface area (Å²) in [5.41, 5.74) is -0.711. The minimum absolute atomic E-state index is 0.0263. The first-order valence-electron chi connectivity index (χ1n) is 5.95. The molecule has 0 fully saturated rings. The maximum Gasteiger partial charge on any atom is 0.416 e. The van der Waals surface area contributed by atoms with Crippen LogP contribution in [-0.2, 0) is 6.18 Å². The first-order chi connectivity index (χ1) is 10.4. The monoisotopic (exact) mass is 345 g/mol. The van der Waals surface area contributed by atoms with Gasteiger partial charge in [-0.05, 0) is 18.2 Å². The van der Waals surface area contributed by atoms with Gasteiger partial charge in [-0.2, -0.15) is 13.2 Å². The van der Waals surface area contributed by atoms with Crippen LogP contribution in [0.1, 0.15) is 16.1 Å². The average molecular weight is 346 g/mol. The highest BCUT2D eigenvalue weighted by Crippen LogP contribution is 2.34. The fourth-order valence-corrected chi connectivity index (χ4v) is 2.87. The molecule has 0 radical (unpaired) electrons. The molecule has 9 heteroatoms. The molecule has 114 valence electrons. The van der Waals surface area contributed by atoms with Crippen molar-refractivity contribution in [3.8, 4) is 0 Å². The van der Waals surface area contributed by atoms with E-state index in [2.05, 4.69) is 10.3 Å². The molecule has 0 unspecified atom stereocenters. The number of anilines is 1. The van der Waals surface area contributed by atoms with Gasteiger partial charge in [-0.3, -0.25) is 9.20 Å². The summed E-state index contributed by atoms with van der Waals surface area (Å²) >= 11 is 7.10. The lowest BCUT2D eigenvalue weighted by molar-refractivity contribution is -0.137. The molecule has 1 amide bonds. The number of hydrogen-bond donors (Lipinski definition) is 1. The van der Waals surface area contributed by atoms with Crippen LogP contribution in [0, 0.1) is 0 Å². The Morgan fingerprint density at radius 1 is 1.36 bits per heavy atom. The number of hydrogen-bond acceptors (Lipinski definition) is 3. The van der Waals surface area contributed by atoms with E-state index in [4.69, 9.17) is 11.6 Å². The molecule has 22 heavy (non-hydrogen) atoms. The molecule has 2 heterocycles. The van der Waals surface area contributed by atoms with E-state index in [1.165, 1.54) is 17.5 Å². The number of nitrogens with one attached hydrogen (secondary N) is 1. The smallest absolute Gasteiger partial charge is 0.319 e. The van der Waals surface area contributed by atoms with Crippen molar-refractivity contribution in [3.05, 3.63) is 52.3 Å². The van der Waals surface area contributed by atoms with Crippen LogP contribution in [-0.4, -0.2) is 15.3 Å². The Labute approximate surface area is 131 Å². The summed E-state index contributed by atoms with van der Waals surface area (Å²) < 4.78 is 39.7. The minimum atomic E-state index is -4.51. The van der Waals surface area contributed by atoms with E-state index in [0.717, 1.165) is 18.2 Å². The van der Waals surface area contributed by atoms with Crippen molar-refractivity contribution in [2.75, 3.05) is 5.32 Å². The van der Waals surface area contributed by atoms with Crippen molar-refractivity contribution in [2.24, 2.45) is 0 Å². The third-order valence-electron chi connectivity index (χ3n) is 2.92. The molecule has 0 bridgehead atoms. The number of benzene rings is 1. The van der Waals surface area contributed by atoms with Crippen LogP contribution in [0.4, 0.5) is 18.9 Å². The molecular weight excluding hydrogens is 339 g/mol. The zero-order valence-electron chi connectivity index (χ0n) is 10.7. The summed E-state index contributed by atoms with van der Waals surface area (Å²) in [5.74, 6) is -0.564. The van der Waals surface area contributed by atoms with E-state index in [-0.39, 0.29) is 16.4 Å². The van der Waals surface area contributed by atoms with Gasteiger partial charge >= 0.3 is 6.18 Å². The lowest BCUT2D eigenvalue weighted by atomic mass is 10.2. The van der Waals surface area contributed by atoms with Gasteiger partial charge in [-0.25, -0.2) is 4.98 Å². The molecule has 0 aliphatic rings. The van der Waals surface area contributed by atoms with Crippen LogP contribution in [0.25, 0.3) is 4.96 Å². The van der Waals surface area contributed by atoms with Crippen LogP contribution in [0.2, 0.25) is 5.02 Å². The molecule has 0 saturated carbocycles. The predicted octanol–water partition coefficient (Wildman–Crippen LogP) is 4.32. The van der Waals surface area contributed by atoms with E-state index in [1.807, 2.05) is 0 Å². The van der Waals surface area contributed by atoms with Gasteiger partial charge in [0.15, 0.2) is 4.96 Å². The number of carbonyl (C=O) groups excluding carboxylic acids is 1. The second kappa shape index (κ2) is 5.29. The maximum absolute atomic E-state index is 12.7. The number of aromatic nitrogens is 2. The number of rotatable bonds is 2. The second-order valence-electron chi connectivity index (χ2n) is 4.35. The number of amides is 1. The fraction of sp³-hybridized carbons (Fsp3) is 0.0769. The number of carbonyl (C=O) groups is 1. The van der Waals surface area contributed by atoms with Gasteiger partial charge in [0.2, 0.25) is 0 Å². The van der Waals surface area contributed by atoms with Gasteiger partial charge < -0.3 is 5.32 Å². The number of thiazole rings is 1. The Bertz CT molecular complexity index is 856. The molecule has 0 saturated heterocycles. The summed E-state index contributed by atoms with van der Waals surface area (Å²) in [7, 11) is 0. The van der Waals surface area contributed by atoms with Gasteiger partial charge in [0, 0.05) is 17.8 Å². The Hall–Kier alpha value is -2.06. The van der Waals surface area contributed by atoms with Crippen molar-refractivity contribution in [1.82, 2.24) is 9.38 Å². The van der Waals surface area contributed by atoms with Gasteiger partial charge in [-0.15, -0.1) is 11.3 Å². The number of fused-ring (bicyclic) bond motifs is 1. The second-order valence-corrected chi connectivity index (χ2v) is 5.59. The Balaban J connectivity index is 1.93. The van der Waals surface area contributed by atoms with Gasteiger partial charge in [0.1, 0.15) is 5.69 Å². The summed E-state index contributed by atoms with van der Waals surface area (Å²) in [6.07, 6.45) is -1.39. The molecule has 3 rings (SSSR count). The molecule has 3 aromatic rings. The van der Waals surface area contributed by atoms with E-state index < -0.39 is 17.6 Å². The van der Waals surface area contributed by atoms with Gasteiger partial charge in [0.25, 0.3) is 5.91 Å². The first kappa shape index (κ1) is 14.9. The highest BCUT2D eigenvalue weighted by Gasteiger charge is 2.31. The van der Waals surface area contributed by atoms with Crippen LogP contribution >= 0.6 is 22.9 Å². The molecule has 0 aliphatic heterocycles. The van der Waals surface area contributed by atoms with Crippen LogP contribution in [0.15, 0.2) is 36.0 Å². The third-order valence-corrected chi connectivity index (χ3v) is 4.10. The van der Waals surface area contributed by atoms with E-state index in [1.54, 1.807) is 16.0 Å². The quantitative estimate of drug-likeness (QED) is 0.752. The Kier molecular flexibility index (Phi) is 3.57. The molecule has 0 spiro atoms. The minimum Gasteiger partial charge on any atom is -0.319 e. The largest absolute Gasteiger partial charge is 0.416 e. The lowest BCUT2D eigenvalue weighted by Crippen LogP contribution is -2.15. The molecule has 2 aromatic heterocycles. The molecular formula is C13H7ClF3N3OS. The average Bonchev–Trinajstić information content (AvgIpc) is 3.02. The van der Waals surface area contributed by atoms with Crippen LogP contribution < -0.4 is 5.32 Å². The molecule has 4 nitrogen and oxygen atoms in total. The van der Waals surface area contributed by atoms with E-state index in [9.17, 15) is 18.0 Å². The Morgan fingerprint density at radius 2 is 2.14 bits per heavy atom. The number of halogens is 4. The van der Waals surface area contributed by atoms with Crippen molar-refractivity contribution in [3.63, 3.8) is 0 Å². The fourth-order valence-electron chi connectivity index (χ4n) is 1.87. The zero-order valence-corrected chi connectivity index (χ0v) is 12.3. The predicted molar refractivity (Wildman–Crippen MR) is 77.5 cm³/mol. The molecule has 0 atom stereocenters. The lowest BCUT2D eigenvalue weighted by Gasteiger charge is -2.11. The SMILES string of the molecule is O=C(Nc1cc(C(F)(F)F)ccc1Cl)c1csc2nccn12. The van der Waals surface area contributed by atoms with Crippen molar-refractivity contribution in [1.29, 1.82) is 0 Å². The number of imidazole rings is 1. The van der Waals surface area contributed by atoms with E-state index >= 15 is 0 Å². The molecule has 0 aliphatic carbocycles. The normalized spacial score (nSPS) is 11.8. The summed E-state index contributed by atoms with van der Waals surface area (Å²) in [4.78, 5) is 16.8. The summed E-state index contributed by atoms with van der Waals surface area (Å²) in [6, 6.07) is 2.76. The van der Waals surface area contributed by atoms with Gasteiger partial charge in [0.05, 0.1) is 16.3 Å². The Morgan fingerprint density at radius 3 is 2.86 bits per heavy atom. The first-order valence-corrected chi connectivity index (χ1v) is 7.20. The summed E-state index contributed by atoms with van der Waals surface area (Å²) in [6.45, 7) is 0. The summed E-state index contributed by atoms with van der Waals surface area (Å²) in [5, 5.41) is 3.99. The topological polar surface area (TPSA) is 46.4 Å². The van der Waals surface area contributed by atoms with Crippen molar-refractivity contribution in [2.45, 2.75) is 6.18 Å². The maximum atomic E-state index is 12.7. The van der Waals surface area contributed by atoms with Crippen molar-refractivity contribution >= 4 is 39.5 Å². The van der Waals surface area contributed by atoms with Crippen LogP contribution in [0.5, 0.6) is 0 Å². The van der Waals surface area contributed by atoms with Crippen LogP contribution in [0.3, 0.4) is 0 Å². The van der Waals surface area contributed by atoms with Gasteiger partial charge in [-0.1, -0.05) is 11.6 Å². The zero-order chi connectivity index (χ0) is 15.9. The number of alkyl halides is 3. The third kappa shape index (κ3) is 2.67. The molecule has 1 N–H and O–H groups in total. The van der Waals surface area contributed by atoms with Crippen molar-refractivity contribution < 1.29 is 18.0 Å². The van der Waals surface area contributed by atoms with E-state index in [0.29, 0.717) is 4.96 Å². The standard InChI is InChI=1S/C13H7ClF3N3OS/c14-8-2-1-7(13(15,16)17)5-9(8)19-11(21)10-6-22-12-18-3-4-20(10)12/h1-6H,(H,19,21). The highest BCUT2D eigenvalue weighted by molar-refractivity contribution is 7.15. The highest BCUT2D eigenvalue weighted by atomic mass is 35.5. The molecule has 1 aromatic carbocycles.